The standard InChI is InChI=1S/C19H22F4N6O/c1-24-18(27-10-13-4-2-8-26-17(13)30-12-19(21,22)23)28-14-6-9-29(11-14)16-15(20)5-3-7-25-16/h2-5,7-8,14H,6,9-12H2,1H3,(H2,24,27,28). The molecule has 1 saturated heterocycles. The van der Waals surface area contributed by atoms with Crippen LogP contribution in [0.2, 0.25) is 0 Å². The van der Waals surface area contributed by atoms with Gasteiger partial charge < -0.3 is 20.3 Å². The van der Waals surface area contributed by atoms with Crippen molar-refractivity contribution in [3.05, 3.63) is 48.0 Å². The van der Waals surface area contributed by atoms with Crippen LogP contribution in [0.4, 0.5) is 23.4 Å². The Kier molecular flexibility index (Phi) is 6.91. The topological polar surface area (TPSA) is 74.7 Å². The lowest BCUT2D eigenvalue weighted by Crippen LogP contribution is -2.44. The summed E-state index contributed by atoms with van der Waals surface area (Å²) < 4.78 is 56.0. The van der Waals surface area contributed by atoms with Crippen LogP contribution in [0.25, 0.3) is 0 Å². The molecule has 0 aromatic carbocycles. The Morgan fingerprint density at radius 2 is 2.03 bits per heavy atom. The average Bonchev–Trinajstić information content (AvgIpc) is 3.18. The third kappa shape index (κ3) is 5.94. The minimum absolute atomic E-state index is 0.00690. The smallest absolute Gasteiger partial charge is 0.422 e. The minimum atomic E-state index is -4.44. The molecule has 0 aliphatic carbocycles. The molecule has 2 aromatic heterocycles. The van der Waals surface area contributed by atoms with Crippen LogP contribution in [0.15, 0.2) is 41.7 Å². The lowest BCUT2D eigenvalue weighted by Gasteiger charge is -2.20. The summed E-state index contributed by atoms with van der Waals surface area (Å²) in [5.41, 5.74) is 0.466. The number of pyridine rings is 2. The van der Waals surface area contributed by atoms with Gasteiger partial charge in [0.1, 0.15) is 0 Å². The highest BCUT2D eigenvalue weighted by Crippen LogP contribution is 2.21. The molecule has 11 heteroatoms. The summed E-state index contributed by atoms with van der Waals surface area (Å²) in [6.45, 7) is -0.0555. The van der Waals surface area contributed by atoms with E-state index >= 15 is 0 Å². The lowest BCUT2D eigenvalue weighted by molar-refractivity contribution is -0.154. The van der Waals surface area contributed by atoms with E-state index in [0.29, 0.717) is 30.4 Å². The summed E-state index contributed by atoms with van der Waals surface area (Å²) in [6, 6.07) is 6.16. The summed E-state index contributed by atoms with van der Waals surface area (Å²) in [5.74, 6) is 0.319. The third-order valence-electron chi connectivity index (χ3n) is 4.46. The Bertz CT molecular complexity index is 876. The fraction of sp³-hybridized carbons (Fsp3) is 0.421. The Hall–Kier alpha value is -3.11. The maximum absolute atomic E-state index is 13.9. The number of guanidine groups is 1. The molecular weight excluding hydrogens is 404 g/mol. The second kappa shape index (κ2) is 9.59. The molecule has 2 aromatic rings. The predicted molar refractivity (Wildman–Crippen MR) is 104 cm³/mol. The Morgan fingerprint density at radius 1 is 1.27 bits per heavy atom. The monoisotopic (exact) mass is 426 g/mol. The Morgan fingerprint density at radius 3 is 2.77 bits per heavy atom. The van der Waals surface area contributed by atoms with Crippen LogP contribution in [-0.4, -0.2) is 54.9 Å². The molecule has 3 heterocycles. The Labute approximate surface area is 171 Å². The van der Waals surface area contributed by atoms with E-state index in [1.807, 2.05) is 4.90 Å². The van der Waals surface area contributed by atoms with Crippen molar-refractivity contribution < 1.29 is 22.3 Å². The van der Waals surface area contributed by atoms with Gasteiger partial charge in [-0.1, -0.05) is 6.07 Å². The first-order valence-corrected chi connectivity index (χ1v) is 9.32. The van der Waals surface area contributed by atoms with Crippen LogP contribution in [0, 0.1) is 5.82 Å². The Balaban J connectivity index is 1.54. The first kappa shape index (κ1) is 21.6. The number of hydrogen-bond donors (Lipinski definition) is 2. The minimum Gasteiger partial charge on any atom is -0.468 e. The number of ether oxygens (including phenoxy) is 1. The summed E-state index contributed by atoms with van der Waals surface area (Å²) in [7, 11) is 1.59. The van der Waals surface area contributed by atoms with Crippen molar-refractivity contribution in [2.75, 3.05) is 31.6 Å². The third-order valence-corrected chi connectivity index (χ3v) is 4.46. The summed E-state index contributed by atoms with van der Waals surface area (Å²) in [6.07, 6.45) is -0.775. The molecule has 7 nitrogen and oxygen atoms in total. The van der Waals surface area contributed by atoms with Gasteiger partial charge in [-0.2, -0.15) is 13.2 Å². The first-order chi connectivity index (χ1) is 14.4. The van der Waals surface area contributed by atoms with E-state index in [-0.39, 0.29) is 24.3 Å². The molecule has 0 saturated carbocycles. The van der Waals surface area contributed by atoms with Crippen molar-refractivity contribution in [2.45, 2.75) is 25.2 Å². The molecule has 162 valence electrons. The van der Waals surface area contributed by atoms with Gasteiger partial charge in [-0.15, -0.1) is 0 Å². The van der Waals surface area contributed by atoms with Gasteiger partial charge in [0.05, 0.1) is 0 Å². The van der Waals surface area contributed by atoms with Crippen molar-refractivity contribution in [1.29, 1.82) is 0 Å². The summed E-state index contributed by atoms with van der Waals surface area (Å²) in [5, 5.41) is 6.28. The quantitative estimate of drug-likeness (QED) is 0.420. The molecule has 30 heavy (non-hydrogen) atoms. The van der Waals surface area contributed by atoms with Gasteiger partial charge in [-0.3, -0.25) is 4.99 Å². The average molecular weight is 426 g/mol. The van der Waals surface area contributed by atoms with Crippen LogP contribution in [0.3, 0.4) is 0 Å². The van der Waals surface area contributed by atoms with E-state index in [1.165, 1.54) is 12.3 Å². The van der Waals surface area contributed by atoms with Gasteiger partial charge >= 0.3 is 6.18 Å². The molecule has 3 rings (SSSR count). The van der Waals surface area contributed by atoms with Crippen molar-refractivity contribution >= 4 is 11.8 Å². The largest absolute Gasteiger partial charge is 0.468 e. The SMILES string of the molecule is CN=C(NCc1cccnc1OCC(F)(F)F)NC1CCN(c2ncccc2F)C1. The highest BCUT2D eigenvalue weighted by molar-refractivity contribution is 5.80. The number of rotatable bonds is 6. The number of hydrogen-bond acceptors (Lipinski definition) is 5. The molecule has 2 N–H and O–H groups in total. The van der Waals surface area contributed by atoms with Crippen molar-refractivity contribution in [2.24, 2.45) is 4.99 Å². The number of nitrogens with zero attached hydrogens (tertiary/aromatic N) is 4. The maximum atomic E-state index is 13.9. The van der Waals surface area contributed by atoms with Gasteiger partial charge in [0, 0.05) is 50.7 Å². The zero-order chi connectivity index (χ0) is 21.6. The van der Waals surface area contributed by atoms with Crippen molar-refractivity contribution in [1.82, 2.24) is 20.6 Å². The van der Waals surface area contributed by atoms with E-state index < -0.39 is 12.8 Å². The summed E-state index contributed by atoms with van der Waals surface area (Å²) in [4.78, 5) is 14.0. The lowest BCUT2D eigenvalue weighted by atomic mass is 10.2. The molecule has 1 atom stereocenters. The summed E-state index contributed by atoms with van der Waals surface area (Å²) >= 11 is 0. The predicted octanol–water partition coefficient (Wildman–Crippen LogP) is 2.50. The molecule has 0 radical (unpaired) electrons. The fourth-order valence-corrected chi connectivity index (χ4v) is 3.09. The fourth-order valence-electron chi connectivity index (χ4n) is 3.09. The number of alkyl halides is 3. The second-order valence-corrected chi connectivity index (χ2v) is 6.68. The van der Waals surface area contributed by atoms with Crippen LogP contribution < -0.4 is 20.3 Å². The van der Waals surface area contributed by atoms with Gasteiger partial charge in [0.2, 0.25) is 5.88 Å². The van der Waals surface area contributed by atoms with E-state index in [4.69, 9.17) is 4.74 Å². The van der Waals surface area contributed by atoms with Crippen LogP contribution in [0.1, 0.15) is 12.0 Å². The molecule has 1 unspecified atom stereocenters. The molecule has 1 aliphatic heterocycles. The van der Waals surface area contributed by atoms with Gasteiger partial charge in [0.15, 0.2) is 24.2 Å². The first-order valence-electron chi connectivity index (χ1n) is 9.32. The zero-order valence-electron chi connectivity index (χ0n) is 16.3. The molecule has 0 bridgehead atoms. The molecule has 1 fully saturated rings. The molecule has 0 amide bonds. The number of aromatic nitrogens is 2. The zero-order valence-corrected chi connectivity index (χ0v) is 16.3. The number of nitrogens with one attached hydrogen (secondary N) is 2. The van der Waals surface area contributed by atoms with Gasteiger partial charge in [-0.25, -0.2) is 14.4 Å². The van der Waals surface area contributed by atoms with E-state index in [2.05, 4.69) is 25.6 Å². The van der Waals surface area contributed by atoms with Crippen molar-refractivity contribution in [3.8, 4) is 5.88 Å². The van der Waals surface area contributed by atoms with Crippen LogP contribution in [-0.2, 0) is 6.54 Å². The van der Waals surface area contributed by atoms with E-state index in [0.717, 1.165) is 6.42 Å². The van der Waals surface area contributed by atoms with Crippen molar-refractivity contribution in [3.63, 3.8) is 0 Å². The molecule has 0 spiro atoms. The normalized spacial score (nSPS) is 17.2. The van der Waals surface area contributed by atoms with E-state index in [9.17, 15) is 17.6 Å². The molecule has 1 aliphatic rings. The molecular formula is C19H22F4N6O. The number of aliphatic imine (C=N–C) groups is 1. The van der Waals surface area contributed by atoms with E-state index in [1.54, 1.807) is 31.4 Å². The highest BCUT2D eigenvalue weighted by Gasteiger charge is 2.29. The van der Waals surface area contributed by atoms with Gasteiger partial charge in [-0.05, 0) is 24.6 Å². The highest BCUT2D eigenvalue weighted by atomic mass is 19.4. The number of halogens is 4. The van der Waals surface area contributed by atoms with Crippen LogP contribution >= 0.6 is 0 Å². The maximum Gasteiger partial charge on any atom is 0.422 e. The second-order valence-electron chi connectivity index (χ2n) is 6.68. The van der Waals surface area contributed by atoms with Gasteiger partial charge in [0.25, 0.3) is 0 Å². The van der Waals surface area contributed by atoms with Crippen LogP contribution in [0.5, 0.6) is 5.88 Å². The number of anilines is 1.